The van der Waals surface area contributed by atoms with Crippen LogP contribution >= 0.6 is 34.8 Å². The van der Waals surface area contributed by atoms with Crippen molar-refractivity contribution in [3.63, 3.8) is 0 Å². The van der Waals surface area contributed by atoms with Crippen molar-refractivity contribution in [1.29, 1.82) is 0 Å². The number of rotatable bonds is 3. The normalized spacial score (nSPS) is 14.8. The van der Waals surface area contributed by atoms with Gasteiger partial charge in [0.25, 0.3) is 0 Å². The number of nitrogens with zero attached hydrogens (tertiary/aromatic N) is 2. The molecule has 116 valence electrons. The van der Waals surface area contributed by atoms with Crippen molar-refractivity contribution in [2.24, 2.45) is 4.99 Å². The molecule has 0 spiro atoms. The van der Waals surface area contributed by atoms with Crippen LogP contribution in [0, 0.1) is 10.1 Å². The van der Waals surface area contributed by atoms with Gasteiger partial charge in [0, 0.05) is 10.5 Å². The van der Waals surface area contributed by atoms with Gasteiger partial charge in [0.15, 0.2) is 5.84 Å². The topological polar surface area (TPSA) is 67.5 Å². The largest absolute Gasteiger partial charge is 0.363 e. The van der Waals surface area contributed by atoms with Gasteiger partial charge in [-0.05, 0) is 41.5 Å². The number of amidine groups is 1. The van der Waals surface area contributed by atoms with Gasteiger partial charge in [-0.25, -0.2) is 0 Å². The Morgan fingerprint density at radius 2 is 1.60 bits per heavy atom. The van der Waals surface area contributed by atoms with Crippen molar-refractivity contribution >= 4 is 40.6 Å². The molecule has 0 rings (SSSR count). The van der Waals surface area contributed by atoms with Gasteiger partial charge in [-0.1, -0.05) is 34.8 Å². The number of hydrogen-bond donors (Lipinski definition) is 1. The van der Waals surface area contributed by atoms with E-state index in [-0.39, 0.29) is 15.4 Å². The van der Waals surface area contributed by atoms with E-state index in [0.29, 0.717) is 0 Å². The van der Waals surface area contributed by atoms with Crippen LogP contribution in [0.15, 0.2) is 14.5 Å². The zero-order valence-electron chi connectivity index (χ0n) is 12.4. The second kappa shape index (κ2) is 6.96. The Bertz CT molecular complexity index is 430. The third-order valence-electron chi connectivity index (χ3n) is 1.85. The summed E-state index contributed by atoms with van der Waals surface area (Å²) in [7, 11) is 0. The Hall–Kier alpha value is -0.520. The van der Waals surface area contributed by atoms with E-state index in [1.165, 1.54) is 0 Å². The van der Waals surface area contributed by atoms with Crippen molar-refractivity contribution in [2.45, 2.75) is 58.7 Å². The van der Waals surface area contributed by atoms with E-state index in [2.05, 4.69) is 10.3 Å². The Kier molecular flexibility index (Phi) is 6.78. The molecule has 0 bridgehead atoms. The van der Waals surface area contributed by atoms with Gasteiger partial charge in [0.2, 0.25) is 0 Å². The van der Waals surface area contributed by atoms with E-state index in [1.807, 2.05) is 41.5 Å². The van der Waals surface area contributed by atoms with Crippen LogP contribution in [0.4, 0.5) is 0 Å². The molecule has 0 radical (unpaired) electrons. The summed E-state index contributed by atoms with van der Waals surface area (Å²) in [6, 6.07) is -1.42. The lowest BCUT2D eigenvalue weighted by Crippen LogP contribution is -2.49. The van der Waals surface area contributed by atoms with E-state index >= 15 is 0 Å². The molecule has 0 aliphatic heterocycles. The first kappa shape index (κ1) is 19.5. The van der Waals surface area contributed by atoms with Crippen LogP contribution in [0.1, 0.15) is 41.5 Å². The number of halogens is 3. The van der Waals surface area contributed by atoms with Gasteiger partial charge in [-0.2, -0.15) is 0 Å². The molecule has 1 atom stereocenters. The molecular weight excluding hydrogens is 325 g/mol. The number of aliphatic imine (C=N–C) groups is 1. The fourth-order valence-corrected chi connectivity index (χ4v) is 1.71. The summed E-state index contributed by atoms with van der Waals surface area (Å²) in [6.07, 6.45) is 0. The van der Waals surface area contributed by atoms with E-state index in [4.69, 9.17) is 34.8 Å². The molecule has 0 aliphatic carbocycles. The molecular formula is C12H20Cl3N3O2. The fraction of sp³-hybridized carbons (Fsp3) is 0.750. The molecule has 0 aromatic carbocycles. The molecule has 0 fully saturated rings. The van der Waals surface area contributed by atoms with Crippen LogP contribution < -0.4 is 5.32 Å². The Morgan fingerprint density at radius 3 is 1.85 bits per heavy atom. The predicted molar refractivity (Wildman–Crippen MR) is 85.4 cm³/mol. The van der Waals surface area contributed by atoms with Crippen LogP contribution in [0.2, 0.25) is 0 Å². The summed E-state index contributed by atoms with van der Waals surface area (Å²) in [5.41, 5.74) is -0.938. The predicted octanol–water partition coefficient (Wildman–Crippen LogP) is 4.10. The van der Waals surface area contributed by atoms with Gasteiger partial charge in [-0.3, -0.25) is 15.1 Å². The lowest BCUT2D eigenvalue weighted by Gasteiger charge is -2.27. The molecule has 20 heavy (non-hydrogen) atoms. The highest BCUT2D eigenvalue weighted by molar-refractivity contribution is 6.59. The van der Waals surface area contributed by atoms with Gasteiger partial charge < -0.3 is 5.32 Å². The molecule has 5 nitrogen and oxygen atoms in total. The molecule has 1 N–H and O–H groups in total. The first-order valence-corrected chi connectivity index (χ1v) is 7.10. The monoisotopic (exact) mass is 343 g/mol. The van der Waals surface area contributed by atoms with Crippen LogP contribution in [0.25, 0.3) is 0 Å². The van der Waals surface area contributed by atoms with Gasteiger partial charge in [0.1, 0.15) is 9.52 Å². The lowest BCUT2D eigenvalue weighted by atomic mass is 10.1. The quantitative estimate of drug-likeness (QED) is 0.363. The first-order chi connectivity index (χ1) is 8.74. The van der Waals surface area contributed by atoms with Crippen molar-refractivity contribution in [1.82, 2.24) is 5.32 Å². The third kappa shape index (κ3) is 7.31. The zero-order valence-corrected chi connectivity index (χ0v) is 14.7. The second-order valence-corrected chi connectivity index (χ2v) is 7.70. The van der Waals surface area contributed by atoms with Gasteiger partial charge in [0.05, 0.1) is 5.54 Å². The molecule has 0 heterocycles. The smallest absolute Gasteiger partial charge is 0.306 e. The minimum absolute atomic E-state index is 0.124. The maximum atomic E-state index is 11.3. The molecule has 8 heteroatoms. The molecule has 0 aromatic heterocycles. The summed E-state index contributed by atoms with van der Waals surface area (Å²) in [5, 5.41) is 14.0. The molecule has 0 amide bonds. The zero-order chi connectivity index (χ0) is 16.3. The number of nitrogens with one attached hydrogen (secondary N) is 1. The summed E-state index contributed by atoms with van der Waals surface area (Å²) in [6.45, 7) is 11.1. The van der Waals surface area contributed by atoms with Crippen LogP contribution in [-0.4, -0.2) is 27.9 Å². The Morgan fingerprint density at radius 1 is 1.15 bits per heavy atom. The molecule has 0 aliphatic rings. The summed E-state index contributed by atoms with van der Waals surface area (Å²) < 4.78 is -0.342. The van der Waals surface area contributed by atoms with Crippen molar-refractivity contribution in [3.8, 4) is 0 Å². The average molecular weight is 345 g/mol. The van der Waals surface area contributed by atoms with Crippen molar-refractivity contribution < 1.29 is 4.92 Å². The average Bonchev–Trinajstić information content (AvgIpc) is 2.10. The summed E-state index contributed by atoms with van der Waals surface area (Å²) in [5.74, 6) is 0.124. The molecule has 0 saturated heterocycles. The van der Waals surface area contributed by atoms with E-state index < -0.39 is 22.0 Å². The number of hydrogen-bond acceptors (Lipinski definition) is 3. The van der Waals surface area contributed by atoms with Gasteiger partial charge in [-0.15, -0.1) is 0 Å². The van der Waals surface area contributed by atoms with Crippen LogP contribution in [0.3, 0.4) is 0 Å². The highest BCUT2D eigenvalue weighted by atomic mass is 35.5. The van der Waals surface area contributed by atoms with Gasteiger partial charge >= 0.3 is 6.04 Å². The third-order valence-corrected chi connectivity index (χ3v) is 2.85. The minimum Gasteiger partial charge on any atom is -0.363 e. The van der Waals surface area contributed by atoms with Crippen molar-refractivity contribution in [3.05, 3.63) is 19.6 Å². The Labute approximate surface area is 134 Å². The second-order valence-electron chi connectivity index (χ2n) is 6.34. The minimum atomic E-state index is -1.42. The SMILES string of the molecule is CC(C)(C)N=C(NC(C)(C)C)C(C(Cl)=C(Cl)Cl)[N+](=O)[O-]. The van der Waals surface area contributed by atoms with E-state index in [1.54, 1.807) is 0 Å². The fourth-order valence-electron chi connectivity index (χ4n) is 1.32. The van der Waals surface area contributed by atoms with Crippen LogP contribution in [0.5, 0.6) is 0 Å². The first-order valence-electron chi connectivity index (χ1n) is 5.96. The maximum Gasteiger partial charge on any atom is 0.306 e. The lowest BCUT2D eigenvalue weighted by molar-refractivity contribution is -0.492. The van der Waals surface area contributed by atoms with Crippen LogP contribution in [-0.2, 0) is 0 Å². The molecule has 0 aromatic rings. The van der Waals surface area contributed by atoms with Crippen molar-refractivity contribution in [2.75, 3.05) is 0 Å². The maximum absolute atomic E-state index is 11.3. The van der Waals surface area contributed by atoms with E-state index in [0.717, 1.165) is 0 Å². The standard InChI is InChI=1S/C12H20Cl3N3O2/c1-11(2,3)16-10(17-12(4,5)6)8(18(19)20)7(13)9(14)15/h8H,1-6H3,(H,16,17). The molecule has 0 saturated carbocycles. The van der Waals surface area contributed by atoms with E-state index in [9.17, 15) is 10.1 Å². The highest BCUT2D eigenvalue weighted by Gasteiger charge is 2.36. The molecule has 1 unspecified atom stereocenters. The highest BCUT2D eigenvalue weighted by Crippen LogP contribution is 2.25. The Balaban J connectivity index is 5.88. The number of nitro groups is 1. The summed E-state index contributed by atoms with van der Waals surface area (Å²) in [4.78, 5) is 15.1. The summed E-state index contributed by atoms with van der Waals surface area (Å²) >= 11 is 17.0.